The number of ketones is 6. The number of carbonyl (C=O) groups is 6. The fraction of sp³-hybridized carbons (Fsp3) is 0.538. The molecule has 102 valence electrons. The second-order valence-electron chi connectivity index (χ2n) is 4.81. The van der Waals surface area contributed by atoms with Crippen molar-refractivity contribution in [3.63, 3.8) is 0 Å². The summed E-state index contributed by atoms with van der Waals surface area (Å²) < 4.78 is 0. The van der Waals surface area contributed by atoms with Gasteiger partial charge < -0.3 is 0 Å². The number of hydrogen-bond acceptors (Lipinski definition) is 6. The molecule has 1 aliphatic rings. The molecule has 0 unspecified atom stereocenters. The predicted molar refractivity (Wildman–Crippen MR) is 62.2 cm³/mol. The van der Waals surface area contributed by atoms with Gasteiger partial charge in [0.15, 0.2) is 40.1 Å². The quantitative estimate of drug-likeness (QED) is 0.656. The maximum atomic E-state index is 12.4. The molecule has 0 aromatic rings. The van der Waals surface area contributed by atoms with Crippen molar-refractivity contribution < 1.29 is 28.8 Å². The van der Waals surface area contributed by atoms with Crippen molar-refractivity contribution in [2.45, 2.75) is 34.1 Å². The van der Waals surface area contributed by atoms with E-state index >= 15 is 0 Å². The average molecular weight is 266 g/mol. The van der Waals surface area contributed by atoms with Crippen LogP contribution in [0.4, 0.5) is 0 Å². The molecule has 0 saturated heterocycles. The van der Waals surface area contributed by atoms with Crippen molar-refractivity contribution >= 4 is 34.7 Å². The monoisotopic (exact) mass is 266 g/mol. The van der Waals surface area contributed by atoms with Gasteiger partial charge in [0.2, 0.25) is 5.41 Å². The molecule has 1 rings (SSSR count). The molecule has 0 spiro atoms. The minimum atomic E-state index is -2.49. The van der Waals surface area contributed by atoms with E-state index in [2.05, 4.69) is 0 Å². The van der Waals surface area contributed by atoms with Crippen molar-refractivity contribution in [3.8, 4) is 0 Å². The molecule has 19 heavy (non-hydrogen) atoms. The molecule has 6 nitrogen and oxygen atoms in total. The number of rotatable bonds is 4. The summed E-state index contributed by atoms with van der Waals surface area (Å²) in [6, 6.07) is 0. The highest BCUT2D eigenvalue weighted by Crippen LogP contribution is 2.46. The van der Waals surface area contributed by atoms with Crippen LogP contribution in [-0.4, -0.2) is 34.7 Å². The SMILES string of the molecule is CC(=O)C1(C(C)=O)CC(=O)C(C(C)=O)(C(C)=O)C1=O. The molecule has 1 fully saturated rings. The normalized spacial score (nSPS) is 20.2. The third kappa shape index (κ3) is 1.55. The summed E-state index contributed by atoms with van der Waals surface area (Å²) in [6.07, 6.45) is -0.713. The van der Waals surface area contributed by atoms with Crippen LogP contribution in [0, 0.1) is 10.8 Å². The second kappa shape index (κ2) is 4.29. The molecule has 0 aliphatic heterocycles. The van der Waals surface area contributed by atoms with Gasteiger partial charge in [-0.3, -0.25) is 28.8 Å². The minimum Gasteiger partial charge on any atom is -0.298 e. The Morgan fingerprint density at radius 1 is 0.789 bits per heavy atom. The van der Waals surface area contributed by atoms with Gasteiger partial charge in [0.25, 0.3) is 0 Å². The van der Waals surface area contributed by atoms with Crippen molar-refractivity contribution in [1.29, 1.82) is 0 Å². The number of carbonyl (C=O) groups excluding carboxylic acids is 6. The van der Waals surface area contributed by atoms with E-state index in [1.165, 1.54) is 0 Å². The Balaban J connectivity index is 3.69. The zero-order valence-electron chi connectivity index (χ0n) is 11.2. The van der Waals surface area contributed by atoms with E-state index in [1.54, 1.807) is 0 Å². The van der Waals surface area contributed by atoms with Crippen LogP contribution in [-0.2, 0) is 28.8 Å². The Kier molecular flexibility index (Phi) is 3.41. The van der Waals surface area contributed by atoms with Crippen LogP contribution in [0.1, 0.15) is 34.1 Å². The van der Waals surface area contributed by atoms with E-state index in [4.69, 9.17) is 0 Å². The highest BCUT2D eigenvalue weighted by atomic mass is 16.2. The van der Waals surface area contributed by atoms with Gasteiger partial charge in [-0.15, -0.1) is 0 Å². The smallest absolute Gasteiger partial charge is 0.204 e. The fourth-order valence-corrected chi connectivity index (χ4v) is 2.68. The standard InChI is InChI=1S/C13H14O6/c1-6(14)12(7(2)15)5-10(18)13(8(3)16,9(4)17)11(12)19/h5H2,1-4H3. The molecule has 0 amide bonds. The first-order chi connectivity index (χ1) is 8.56. The summed E-state index contributed by atoms with van der Waals surface area (Å²) in [5.74, 6) is -5.68. The lowest BCUT2D eigenvalue weighted by Crippen LogP contribution is -2.51. The Bertz CT molecular complexity index is 511. The van der Waals surface area contributed by atoms with E-state index in [-0.39, 0.29) is 0 Å². The topological polar surface area (TPSA) is 102 Å². The van der Waals surface area contributed by atoms with Crippen LogP contribution in [0.5, 0.6) is 0 Å². The summed E-state index contributed by atoms with van der Waals surface area (Å²) in [7, 11) is 0. The highest BCUT2D eigenvalue weighted by molar-refractivity contribution is 6.48. The van der Waals surface area contributed by atoms with Crippen LogP contribution < -0.4 is 0 Å². The Hall–Kier alpha value is -1.98. The van der Waals surface area contributed by atoms with Gasteiger partial charge in [-0.25, -0.2) is 0 Å². The average Bonchev–Trinajstić information content (AvgIpc) is 2.48. The molecule has 0 aromatic carbocycles. The van der Waals surface area contributed by atoms with Crippen LogP contribution in [0.25, 0.3) is 0 Å². The minimum absolute atomic E-state index is 0.713. The van der Waals surface area contributed by atoms with Crippen molar-refractivity contribution in [2.75, 3.05) is 0 Å². The highest BCUT2D eigenvalue weighted by Gasteiger charge is 2.70. The summed E-state index contributed by atoms with van der Waals surface area (Å²) in [4.78, 5) is 71.2. The van der Waals surface area contributed by atoms with Gasteiger partial charge >= 0.3 is 0 Å². The molecule has 0 bridgehead atoms. The summed E-state index contributed by atoms with van der Waals surface area (Å²) >= 11 is 0. The predicted octanol–water partition coefficient (Wildman–Crippen LogP) is -0.143. The zero-order valence-corrected chi connectivity index (χ0v) is 11.2. The third-order valence-electron chi connectivity index (χ3n) is 3.83. The van der Waals surface area contributed by atoms with E-state index < -0.39 is 52.0 Å². The lowest BCUT2D eigenvalue weighted by atomic mass is 9.70. The van der Waals surface area contributed by atoms with E-state index in [0.29, 0.717) is 0 Å². The third-order valence-corrected chi connectivity index (χ3v) is 3.83. The van der Waals surface area contributed by atoms with Gasteiger partial charge in [0.05, 0.1) is 0 Å². The van der Waals surface area contributed by atoms with Crippen LogP contribution in [0.15, 0.2) is 0 Å². The van der Waals surface area contributed by atoms with Gasteiger partial charge in [-0.2, -0.15) is 0 Å². The van der Waals surface area contributed by atoms with E-state index in [1.807, 2.05) is 0 Å². The molecule has 1 saturated carbocycles. The van der Waals surface area contributed by atoms with Gasteiger partial charge in [-0.05, 0) is 27.7 Å². The molecular weight excluding hydrogens is 252 g/mol. The molecule has 0 radical (unpaired) electrons. The summed E-state index contributed by atoms with van der Waals surface area (Å²) in [6.45, 7) is 3.88. The Labute approximate surface area is 109 Å². The van der Waals surface area contributed by atoms with E-state index in [9.17, 15) is 28.8 Å². The summed E-state index contributed by atoms with van der Waals surface area (Å²) in [5, 5.41) is 0. The first-order valence-electron chi connectivity index (χ1n) is 5.68. The van der Waals surface area contributed by atoms with Crippen LogP contribution in [0.2, 0.25) is 0 Å². The van der Waals surface area contributed by atoms with Gasteiger partial charge in [0.1, 0.15) is 0 Å². The Morgan fingerprint density at radius 3 is 1.32 bits per heavy atom. The zero-order chi connectivity index (χ0) is 15.2. The van der Waals surface area contributed by atoms with Crippen molar-refractivity contribution in [3.05, 3.63) is 0 Å². The van der Waals surface area contributed by atoms with Crippen LogP contribution >= 0.6 is 0 Å². The molecule has 0 heterocycles. The maximum Gasteiger partial charge on any atom is 0.204 e. The fourth-order valence-electron chi connectivity index (χ4n) is 2.68. The van der Waals surface area contributed by atoms with Crippen molar-refractivity contribution in [1.82, 2.24) is 0 Å². The maximum absolute atomic E-state index is 12.4. The number of Topliss-reactive ketones (excluding diaryl/α,β-unsaturated/α-hetero) is 6. The number of hydrogen-bond donors (Lipinski definition) is 0. The first kappa shape index (κ1) is 15.1. The second-order valence-corrected chi connectivity index (χ2v) is 4.81. The Morgan fingerprint density at radius 2 is 1.16 bits per heavy atom. The first-order valence-corrected chi connectivity index (χ1v) is 5.68. The largest absolute Gasteiger partial charge is 0.298 e. The lowest BCUT2D eigenvalue weighted by molar-refractivity contribution is -0.153. The molecule has 0 atom stereocenters. The van der Waals surface area contributed by atoms with Crippen LogP contribution in [0.3, 0.4) is 0 Å². The van der Waals surface area contributed by atoms with Gasteiger partial charge in [-0.1, -0.05) is 0 Å². The molecular formula is C13H14O6. The molecule has 0 aromatic heterocycles. The molecule has 0 N–H and O–H groups in total. The van der Waals surface area contributed by atoms with E-state index in [0.717, 1.165) is 27.7 Å². The van der Waals surface area contributed by atoms with Crippen molar-refractivity contribution in [2.24, 2.45) is 10.8 Å². The molecule has 1 aliphatic carbocycles. The lowest BCUT2D eigenvalue weighted by Gasteiger charge is -2.24. The molecule has 6 heteroatoms. The summed E-state index contributed by atoms with van der Waals surface area (Å²) in [5.41, 5.74) is -4.67. The van der Waals surface area contributed by atoms with Gasteiger partial charge in [0, 0.05) is 6.42 Å².